The van der Waals surface area contributed by atoms with Crippen LogP contribution in [0, 0.1) is 0 Å². The molecule has 2 atom stereocenters. The van der Waals surface area contributed by atoms with E-state index in [0.29, 0.717) is 32.7 Å². The molecular formula is C23H34N4O5. The highest BCUT2D eigenvalue weighted by Crippen LogP contribution is 2.29. The van der Waals surface area contributed by atoms with E-state index in [9.17, 15) is 14.4 Å². The van der Waals surface area contributed by atoms with Gasteiger partial charge in [-0.2, -0.15) is 0 Å². The number of urea groups is 1. The number of hydrogen-bond acceptors (Lipinski definition) is 6. The van der Waals surface area contributed by atoms with Crippen LogP contribution in [0.1, 0.15) is 32.6 Å². The zero-order valence-electron chi connectivity index (χ0n) is 18.9. The molecule has 2 fully saturated rings. The number of hydrogen-bond donors (Lipinski definition) is 2. The summed E-state index contributed by atoms with van der Waals surface area (Å²) < 4.78 is 11.0. The van der Waals surface area contributed by atoms with E-state index >= 15 is 0 Å². The molecule has 0 radical (unpaired) electrons. The standard InChI is InChI=1S/C23H34N4O5/c1-3-31-21(28)9-12-25-23(30)26-13-10-17(11-14-26)27-16-19(15-20(27)22(29)24-2)32-18-7-5-4-6-8-18/h4-8,17,19-20H,3,9-16H2,1-2H3,(H,24,29)(H,25,30)/t19-,20-/m0/s1. The molecule has 3 rings (SSSR count). The molecule has 2 aliphatic heterocycles. The smallest absolute Gasteiger partial charge is 0.317 e. The Morgan fingerprint density at radius 2 is 1.84 bits per heavy atom. The molecule has 0 aromatic heterocycles. The van der Waals surface area contributed by atoms with Gasteiger partial charge in [-0.1, -0.05) is 18.2 Å². The molecule has 176 valence electrons. The van der Waals surface area contributed by atoms with Crippen LogP contribution in [0.5, 0.6) is 5.75 Å². The number of esters is 1. The third-order valence-corrected chi connectivity index (χ3v) is 6.03. The molecule has 1 aromatic rings. The molecular weight excluding hydrogens is 412 g/mol. The highest BCUT2D eigenvalue weighted by molar-refractivity contribution is 5.82. The molecule has 1 aromatic carbocycles. The molecule has 0 spiro atoms. The van der Waals surface area contributed by atoms with Crippen LogP contribution in [0.2, 0.25) is 0 Å². The van der Waals surface area contributed by atoms with Crippen LogP contribution in [-0.2, 0) is 14.3 Å². The first-order chi connectivity index (χ1) is 15.5. The Balaban J connectivity index is 1.50. The fourth-order valence-corrected chi connectivity index (χ4v) is 4.44. The van der Waals surface area contributed by atoms with Crippen LogP contribution in [0.4, 0.5) is 4.79 Å². The Labute approximate surface area is 189 Å². The zero-order chi connectivity index (χ0) is 22.9. The van der Waals surface area contributed by atoms with E-state index in [2.05, 4.69) is 15.5 Å². The van der Waals surface area contributed by atoms with E-state index in [1.807, 2.05) is 30.3 Å². The van der Waals surface area contributed by atoms with Crippen molar-refractivity contribution in [3.63, 3.8) is 0 Å². The Hall–Kier alpha value is -2.81. The van der Waals surface area contributed by atoms with Gasteiger partial charge in [-0.05, 0) is 31.9 Å². The Morgan fingerprint density at radius 3 is 2.50 bits per heavy atom. The summed E-state index contributed by atoms with van der Waals surface area (Å²) in [7, 11) is 1.66. The lowest BCUT2D eigenvalue weighted by atomic mass is 10.0. The maximum Gasteiger partial charge on any atom is 0.317 e. The van der Waals surface area contributed by atoms with Gasteiger partial charge in [0.05, 0.1) is 19.1 Å². The number of piperidine rings is 1. The molecule has 0 bridgehead atoms. The summed E-state index contributed by atoms with van der Waals surface area (Å²) in [6.45, 7) is 4.26. The molecule has 32 heavy (non-hydrogen) atoms. The number of amides is 3. The van der Waals surface area contributed by atoms with Gasteiger partial charge in [-0.3, -0.25) is 14.5 Å². The van der Waals surface area contributed by atoms with Crippen LogP contribution < -0.4 is 15.4 Å². The van der Waals surface area contributed by atoms with Gasteiger partial charge in [-0.25, -0.2) is 4.79 Å². The summed E-state index contributed by atoms with van der Waals surface area (Å²) in [5.41, 5.74) is 0. The van der Waals surface area contributed by atoms with Crippen molar-refractivity contribution in [3.05, 3.63) is 30.3 Å². The average Bonchev–Trinajstić information content (AvgIpc) is 3.23. The molecule has 9 nitrogen and oxygen atoms in total. The number of benzene rings is 1. The van der Waals surface area contributed by atoms with Crippen LogP contribution in [0.15, 0.2) is 30.3 Å². The SMILES string of the molecule is CCOC(=O)CCNC(=O)N1CCC(N2C[C@@H](Oc3ccccc3)C[C@H]2C(=O)NC)CC1. The van der Waals surface area contributed by atoms with E-state index in [4.69, 9.17) is 9.47 Å². The molecule has 0 saturated carbocycles. The van der Waals surface area contributed by atoms with Gasteiger partial charge in [0.25, 0.3) is 0 Å². The minimum Gasteiger partial charge on any atom is -0.489 e. The number of carbonyl (C=O) groups excluding carboxylic acids is 3. The van der Waals surface area contributed by atoms with Crippen LogP contribution in [-0.4, -0.2) is 85.7 Å². The monoisotopic (exact) mass is 446 g/mol. The first kappa shape index (κ1) is 23.8. The Bertz CT molecular complexity index is 767. The second-order valence-corrected chi connectivity index (χ2v) is 8.12. The van der Waals surface area contributed by atoms with Crippen molar-refractivity contribution < 1.29 is 23.9 Å². The molecule has 9 heteroatoms. The highest BCUT2D eigenvalue weighted by Gasteiger charge is 2.42. The molecule has 2 aliphatic rings. The van der Waals surface area contributed by atoms with Crippen LogP contribution in [0.25, 0.3) is 0 Å². The van der Waals surface area contributed by atoms with Crippen molar-refractivity contribution in [2.75, 3.05) is 39.8 Å². The molecule has 3 amide bonds. The second-order valence-electron chi connectivity index (χ2n) is 8.12. The fraction of sp³-hybridized carbons (Fsp3) is 0.609. The van der Waals surface area contributed by atoms with E-state index in [-0.39, 0.29) is 49.1 Å². The van der Waals surface area contributed by atoms with Crippen LogP contribution >= 0.6 is 0 Å². The predicted octanol–water partition coefficient (Wildman–Crippen LogP) is 1.38. The first-order valence-electron chi connectivity index (χ1n) is 11.4. The number of likely N-dealkylation sites (N-methyl/N-ethyl adjacent to an activating group) is 1. The van der Waals surface area contributed by atoms with E-state index < -0.39 is 0 Å². The van der Waals surface area contributed by atoms with E-state index in [1.54, 1.807) is 18.9 Å². The maximum absolute atomic E-state index is 12.5. The minimum atomic E-state index is -0.312. The summed E-state index contributed by atoms with van der Waals surface area (Å²) in [6.07, 6.45) is 2.33. The second kappa shape index (κ2) is 11.7. The minimum absolute atomic E-state index is 0.00306. The zero-order valence-corrected chi connectivity index (χ0v) is 18.9. The van der Waals surface area contributed by atoms with Gasteiger partial charge in [0.2, 0.25) is 5.91 Å². The maximum atomic E-state index is 12.5. The number of carbonyl (C=O) groups is 3. The normalized spacial score (nSPS) is 21.8. The van der Waals surface area contributed by atoms with Gasteiger partial charge in [0.1, 0.15) is 11.9 Å². The van der Waals surface area contributed by atoms with Gasteiger partial charge in [-0.15, -0.1) is 0 Å². The number of nitrogens with one attached hydrogen (secondary N) is 2. The molecule has 0 aliphatic carbocycles. The topological polar surface area (TPSA) is 100 Å². The summed E-state index contributed by atoms with van der Waals surface area (Å²) in [6, 6.07) is 9.49. The third kappa shape index (κ3) is 6.35. The number of ether oxygens (including phenoxy) is 2. The summed E-state index contributed by atoms with van der Waals surface area (Å²) in [5, 5.41) is 5.57. The van der Waals surface area contributed by atoms with Crippen molar-refractivity contribution >= 4 is 17.9 Å². The quantitative estimate of drug-likeness (QED) is 0.586. The third-order valence-electron chi connectivity index (χ3n) is 6.03. The Morgan fingerprint density at radius 1 is 1.12 bits per heavy atom. The number of para-hydroxylation sites is 1. The summed E-state index contributed by atoms with van der Waals surface area (Å²) in [5.74, 6) is 0.501. The molecule has 2 N–H and O–H groups in total. The predicted molar refractivity (Wildman–Crippen MR) is 119 cm³/mol. The fourth-order valence-electron chi connectivity index (χ4n) is 4.44. The lowest BCUT2D eigenvalue weighted by molar-refractivity contribution is -0.142. The van der Waals surface area contributed by atoms with Gasteiger partial charge in [0, 0.05) is 45.7 Å². The summed E-state index contributed by atoms with van der Waals surface area (Å²) in [4.78, 5) is 40.4. The van der Waals surface area contributed by atoms with Gasteiger partial charge in [0.15, 0.2) is 0 Å². The van der Waals surface area contributed by atoms with E-state index in [0.717, 1.165) is 18.6 Å². The van der Waals surface area contributed by atoms with E-state index in [1.165, 1.54) is 0 Å². The van der Waals surface area contributed by atoms with Gasteiger partial charge >= 0.3 is 12.0 Å². The van der Waals surface area contributed by atoms with Crippen molar-refractivity contribution in [3.8, 4) is 5.75 Å². The summed E-state index contributed by atoms with van der Waals surface area (Å²) >= 11 is 0. The van der Waals surface area contributed by atoms with Crippen molar-refractivity contribution in [1.82, 2.24) is 20.4 Å². The number of nitrogens with zero attached hydrogens (tertiary/aromatic N) is 2. The average molecular weight is 447 g/mol. The number of rotatable bonds is 8. The highest BCUT2D eigenvalue weighted by atomic mass is 16.5. The molecule has 0 unspecified atom stereocenters. The van der Waals surface area contributed by atoms with Crippen LogP contribution in [0.3, 0.4) is 0 Å². The molecule has 2 saturated heterocycles. The van der Waals surface area contributed by atoms with Crippen molar-refractivity contribution in [2.45, 2.75) is 50.8 Å². The first-order valence-corrected chi connectivity index (χ1v) is 11.4. The van der Waals surface area contributed by atoms with Gasteiger partial charge < -0.3 is 25.0 Å². The largest absolute Gasteiger partial charge is 0.489 e. The Kier molecular flexibility index (Phi) is 8.72. The van der Waals surface area contributed by atoms with Crippen molar-refractivity contribution in [2.24, 2.45) is 0 Å². The molecule has 2 heterocycles. The van der Waals surface area contributed by atoms with Crippen molar-refractivity contribution in [1.29, 1.82) is 0 Å². The lowest BCUT2D eigenvalue weighted by Gasteiger charge is -2.38. The number of likely N-dealkylation sites (tertiary alicyclic amines) is 2. The lowest BCUT2D eigenvalue weighted by Crippen LogP contribution is -2.53.